The molecule has 0 aliphatic heterocycles. The SMILES string of the molecule is COc1ccc(OC)c2c1CCC(NC(C)=O)(C(C)=O)C2. The maximum absolute atomic E-state index is 12.1. The molecular weight excluding hydrogens is 270 g/mol. The highest BCUT2D eigenvalue weighted by Gasteiger charge is 2.41. The van der Waals surface area contributed by atoms with E-state index < -0.39 is 5.54 Å². The quantitative estimate of drug-likeness (QED) is 0.916. The summed E-state index contributed by atoms with van der Waals surface area (Å²) in [6, 6.07) is 3.71. The van der Waals surface area contributed by atoms with Gasteiger partial charge < -0.3 is 14.8 Å². The standard InChI is InChI=1S/C16H21NO4/c1-10(18)16(17-11(2)19)8-7-12-13(9-16)15(21-4)6-5-14(12)20-3/h5-6H,7-9H2,1-4H3,(H,17,19). The third-order valence-electron chi connectivity index (χ3n) is 4.15. The highest BCUT2D eigenvalue weighted by Crippen LogP contribution is 2.39. The molecule has 114 valence electrons. The van der Waals surface area contributed by atoms with Gasteiger partial charge in [-0.3, -0.25) is 9.59 Å². The van der Waals surface area contributed by atoms with E-state index in [1.165, 1.54) is 13.8 Å². The molecule has 1 aromatic rings. The predicted octanol–water partition coefficient (Wildman–Crippen LogP) is 1.66. The number of methoxy groups -OCH3 is 2. The Kier molecular flexibility index (Phi) is 4.21. The molecule has 1 unspecified atom stereocenters. The molecule has 5 heteroatoms. The van der Waals surface area contributed by atoms with Gasteiger partial charge in [-0.1, -0.05) is 0 Å². The van der Waals surface area contributed by atoms with Crippen LogP contribution in [0, 0.1) is 0 Å². The van der Waals surface area contributed by atoms with Crippen molar-refractivity contribution in [2.45, 2.75) is 38.6 Å². The average molecular weight is 291 g/mol. The molecule has 0 fully saturated rings. The van der Waals surface area contributed by atoms with Crippen molar-refractivity contribution in [2.75, 3.05) is 14.2 Å². The summed E-state index contributed by atoms with van der Waals surface area (Å²) in [5, 5.41) is 2.84. The molecule has 0 aromatic heterocycles. The summed E-state index contributed by atoms with van der Waals surface area (Å²) >= 11 is 0. The van der Waals surface area contributed by atoms with Gasteiger partial charge in [0.05, 0.1) is 14.2 Å². The summed E-state index contributed by atoms with van der Waals surface area (Å²) < 4.78 is 10.8. The fourth-order valence-corrected chi connectivity index (χ4v) is 3.06. The van der Waals surface area contributed by atoms with Crippen LogP contribution >= 0.6 is 0 Å². The first-order valence-electron chi connectivity index (χ1n) is 6.96. The minimum absolute atomic E-state index is 0.0341. The molecule has 0 heterocycles. The predicted molar refractivity (Wildman–Crippen MR) is 78.8 cm³/mol. The van der Waals surface area contributed by atoms with E-state index in [2.05, 4.69) is 5.32 Å². The zero-order valence-electron chi connectivity index (χ0n) is 12.9. The molecular formula is C16H21NO4. The maximum atomic E-state index is 12.1. The number of hydrogen-bond acceptors (Lipinski definition) is 4. The van der Waals surface area contributed by atoms with Crippen LogP contribution in [0.1, 0.15) is 31.4 Å². The van der Waals surface area contributed by atoms with Gasteiger partial charge in [0.1, 0.15) is 17.0 Å². The first-order chi connectivity index (χ1) is 9.93. The largest absolute Gasteiger partial charge is 0.496 e. The Balaban J connectivity index is 2.50. The Morgan fingerprint density at radius 1 is 1.10 bits per heavy atom. The number of benzene rings is 1. The van der Waals surface area contributed by atoms with Gasteiger partial charge in [0.2, 0.25) is 5.91 Å². The molecule has 0 saturated heterocycles. The van der Waals surface area contributed by atoms with Gasteiger partial charge in [0, 0.05) is 24.5 Å². The lowest BCUT2D eigenvalue weighted by Crippen LogP contribution is -2.56. The highest BCUT2D eigenvalue weighted by atomic mass is 16.5. The number of rotatable bonds is 4. The van der Waals surface area contributed by atoms with Crippen LogP contribution in [0.25, 0.3) is 0 Å². The molecule has 1 aliphatic rings. The second-order valence-corrected chi connectivity index (χ2v) is 5.42. The second kappa shape index (κ2) is 5.76. The van der Waals surface area contributed by atoms with Gasteiger partial charge in [-0.25, -0.2) is 0 Å². The minimum atomic E-state index is -0.849. The topological polar surface area (TPSA) is 64.6 Å². The van der Waals surface area contributed by atoms with E-state index in [0.29, 0.717) is 19.3 Å². The summed E-state index contributed by atoms with van der Waals surface area (Å²) in [4.78, 5) is 23.6. The van der Waals surface area contributed by atoms with Crippen molar-refractivity contribution in [2.24, 2.45) is 0 Å². The number of fused-ring (bicyclic) bond motifs is 1. The Hall–Kier alpha value is -2.04. The molecule has 1 aromatic carbocycles. The van der Waals surface area contributed by atoms with Crippen LogP contribution in [0.15, 0.2) is 12.1 Å². The normalized spacial score (nSPS) is 20.4. The molecule has 21 heavy (non-hydrogen) atoms. The molecule has 2 rings (SSSR count). The number of ketones is 1. The minimum Gasteiger partial charge on any atom is -0.496 e. The van der Waals surface area contributed by atoms with Crippen molar-refractivity contribution >= 4 is 11.7 Å². The third-order valence-corrected chi connectivity index (χ3v) is 4.15. The van der Waals surface area contributed by atoms with Crippen molar-refractivity contribution in [1.82, 2.24) is 5.32 Å². The Morgan fingerprint density at radius 2 is 1.67 bits per heavy atom. The lowest BCUT2D eigenvalue weighted by molar-refractivity contribution is -0.130. The lowest BCUT2D eigenvalue weighted by atomic mass is 9.75. The van der Waals surface area contributed by atoms with Crippen LogP contribution in [0.2, 0.25) is 0 Å². The Labute approximate surface area is 124 Å². The molecule has 0 radical (unpaired) electrons. The molecule has 1 aliphatic carbocycles. The average Bonchev–Trinajstić information content (AvgIpc) is 2.45. The molecule has 5 nitrogen and oxygen atoms in total. The van der Waals surface area contributed by atoms with Gasteiger partial charge in [0.15, 0.2) is 5.78 Å². The number of amides is 1. The van der Waals surface area contributed by atoms with Crippen LogP contribution in [-0.2, 0) is 22.4 Å². The van der Waals surface area contributed by atoms with Crippen LogP contribution in [-0.4, -0.2) is 31.4 Å². The number of nitrogens with one attached hydrogen (secondary N) is 1. The first kappa shape index (κ1) is 15.4. The Bertz CT molecular complexity index is 582. The van der Waals surface area contributed by atoms with Crippen molar-refractivity contribution in [1.29, 1.82) is 0 Å². The third kappa shape index (κ3) is 2.73. The molecule has 0 bridgehead atoms. The van der Waals surface area contributed by atoms with E-state index in [4.69, 9.17) is 9.47 Å². The fraction of sp³-hybridized carbons (Fsp3) is 0.500. The van der Waals surface area contributed by atoms with E-state index >= 15 is 0 Å². The summed E-state index contributed by atoms with van der Waals surface area (Å²) in [7, 11) is 3.23. The first-order valence-corrected chi connectivity index (χ1v) is 6.96. The van der Waals surface area contributed by atoms with Gasteiger partial charge in [0.25, 0.3) is 0 Å². The van der Waals surface area contributed by atoms with E-state index in [-0.39, 0.29) is 11.7 Å². The van der Waals surface area contributed by atoms with E-state index in [0.717, 1.165) is 22.6 Å². The maximum Gasteiger partial charge on any atom is 0.217 e. The summed E-state index contributed by atoms with van der Waals surface area (Å²) in [6.45, 7) is 2.95. The fourth-order valence-electron chi connectivity index (χ4n) is 3.06. The molecule has 0 saturated carbocycles. The smallest absolute Gasteiger partial charge is 0.217 e. The zero-order chi connectivity index (χ0) is 15.6. The molecule has 0 spiro atoms. The number of ether oxygens (including phenoxy) is 2. The number of Topliss-reactive ketones (excluding diaryl/α,β-unsaturated/α-hetero) is 1. The van der Waals surface area contributed by atoms with E-state index in [1.807, 2.05) is 12.1 Å². The van der Waals surface area contributed by atoms with Gasteiger partial charge in [-0.05, 0) is 31.9 Å². The second-order valence-electron chi connectivity index (χ2n) is 5.42. The van der Waals surface area contributed by atoms with Crippen molar-refractivity contribution < 1.29 is 19.1 Å². The lowest BCUT2D eigenvalue weighted by Gasteiger charge is -2.37. The van der Waals surface area contributed by atoms with Crippen molar-refractivity contribution in [3.05, 3.63) is 23.3 Å². The van der Waals surface area contributed by atoms with E-state index in [9.17, 15) is 9.59 Å². The number of carbonyl (C=O) groups excluding carboxylic acids is 2. The summed E-state index contributed by atoms with van der Waals surface area (Å²) in [5.74, 6) is 1.29. The van der Waals surface area contributed by atoms with Crippen molar-refractivity contribution in [3.63, 3.8) is 0 Å². The molecule has 1 N–H and O–H groups in total. The van der Waals surface area contributed by atoms with Crippen LogP contribution in [0.4, 0.5) is 0 Å². The van der Waals surface area contributed by atoms with Crippen LogP contribution in [0.3, 0.4) is 0 Å². The highest BCUT2D eigenvalue weighted by molar-refractivity contribution is 5.91. The van der Waals surface area contributed by atoms with Crippen LogP contribution in [0.5, 0.6) is 11.5 Å². The monoisotopic (exact) mass is 291 g/mol. The van der Waals surface area contributed by atoms with Gasteiger partial charge in [-0.2, -0.15) is 0 Å². The molecule has 1 atom stereocenters. The number of carbonyl (C=O) groups is 2. The van der Waals surface area contributed by atoms with Gasteiger partial charge in [-0.15, -0.1) is 0 Å². The summed E-state index contributed by atoms with van der Waals surface area (Å²) in [5.41, 5.74) is 1.14. The molecule has 1 amide bonds. The zero-order valence-corrected chi connectivity index (χ0v) is 12.9. The Morgan fingerprint density at radius 3 is 2.14 bits per heavy atom. The number of hydrogen-bond donors (Lipinski definition) is 1. The van der Waals surface area contributed by atoms with Crippen molar-refractivity contribution in [3.8, 4) is 11.5 Å². The van der Waals surface area contributed by atoms with E-state index in [1.54, 1.807) is 14.2 Å². The van der Waals surface area contributed by atoms with Crippen LogP contribution < -0.4 is 14.8 Å². The van der Waals surface area contributed by atoms with Gasteiger partial charge >= 0.3 is 0 Å². The summed E-state index contributed by atoms with van der Waals surface area (Å²) in [6.07, 6.45) is 1.66.